The Bertz CT molecular complexity index is 512. The smallest absolute Gasteiger partial charge is 0.230 e. The molecule has 0 aromatic carbocycles. The van der Waals surface area contributed by atoms with Gasteiger partial charge in [-0.05, 0) is 11.1 Å². The van der Waals surface area contributed by atoms with Crippen molar-refractivity contribution in [3.8, 4) is 11.1 Å². The van der Waals surface area contributed by atoms with Gasteiger partial charge in [0.1, 0.15) is 6.16 Å². The summed E-state index contributed by atoms with van der Waals surface area (Å²) in [7, 11) is -3.88. The standard InChI is InChI=1S/C13H15N2O3P/c16-19(17,18)11-1-8-15-9-4-13(5-10-15)12-2-6-14-7-3-12/h2-7,9-10H,1,8,11H2,(H-,16,17,18)/p+2. The summed E-state index contributed by atoms with van der Waals surface area (Å²) in [6.45, 7) is 0.605. The molecule has 5 nitrogen and oxygen atoms in total. The van der Waals surface area contributed by atoms with Crippen LogP contribution >= 0.6 is 7.94 Å². The number of rotatable bonds is 5. The number of aromatic amines is 1. The SMILES string of the molecule is [O-][P+](O)(O)CCC[n+]1ccc(-c2cc[nH+]cc2)cc1. The number of nitrogens with one attached hydrogen (secondary N) is 1. The van der Waals surface area contributed by atoms with Crippen LogP contribution in [0, 0.1) is 0 Å². The predicted molar refractivity (Wildman–Crippen MR) is 69.5 cm³/mol. The third-order valence-electron chi connectivity index (χ3n) is 2.81. The number of hydrogen-bond donors (Lipinski definition) is 2. The second-order valence-electron chi connectivity index (χ2n) is 4.36. The fraction of sp³-hybridized carbons (Fsp3) is 0.231. The number of aryl methyl sites for hydroxylation is 1. The second-order valence-corrected chi connectivity index (χ2v) is 6.13. The van der Waals surface area contributed by atoms with Gasteiger partial charge in [-0.25, -0.2) is 19.3 Å². The summed E-state index contributed by atoms with van der Waals surface area (Å²) in [6.07, 6.45) is 7.98. The molecule has 0 saturated heterocycles. The molecule has 0 aliphatic carbocycles. The Morgan fingerprint density at radius 1 is 1.05 bits per heavy atom. The Balaban J connectivity index is 1.96. The Labute approximate surface area is 112 Å². The van der Waals surface area contributed by atoms with Gasteiger partial charge in [-0.2, -0.15) is 0 Å². The Kier molecular flexibility index (Phi) is 4.56. The Morgan fingerprint density at radius 3 is 2.21 bits per heavy atom. The van der Waals surface area contributed by atoms with Crippen molar-refractivity contribution in [3.05, 3.63) is 49.1 Å². The zero-order valence-corrected chi connectivity index (χ0v) is 11.3. The van der Waals surface area contributed by atoms with Crippen molar-refractivity contribution in [2.75, 3.05) is 6.16 Å². The molecule has 3 N–H and O–H groups in total. The number of aromatic nitrogens is 2. The lowest BCUT2D eigenvalue weighted by molar-refractivity contribution is -0.696. The highest BCUT2D eigenvalue weighted by atomic mass is 31.2. The summed E-state index contributed by atoms with van der Waals surface area (Å²) in [6, 6.07) is 7.97. The van der Waals surface area contributed by atoms with Crippen LogP contribution in [0.5, 0.6) is 0 Å². The molecule has 0 unspecified atom stereocenters. The van der Waals surface area contributed by atoms with Gasteiger partial charge in [0, 0.05) is 30.7 Å². The summed E-state index contributed by atoms with van der Waals surface area (Å²) < 4.78 is 1.92. The van der Waals surface area contributed by atoms with E-state index in [1.54, 1.807) is 0 Å². The lowest BCUT2D eigenvalue weighted by Crippen LogP contribution is -2.33. The van der Waals surface area contributed by atoms with E-state index in [0.717, 1.165) is 11.1 Å². The highest BCUT2D eigenvalue weighted by Crippen LogP contribution is 2.39. The third kappa shape index (κ3) is 4.65. The monoisotopic (exact) mass is 280 g/mol. The highest BCUT2D eigenvalue weighted by molar-refractivity contribution is 7.57. The minimum absolute atomic E-state index is 0.0731. The highest BCUT2D eigenvalue weighted by Gasteiger charge is 2.18. The molecule has 0 atom stereocenters. The molecule has 0 spiro atoms. The maximum atomic E-state index is 10.7. The molecule has 2 heterocycles. The molecular formula is C13H17N2O3P+2. The van der Waals surface area contributed by atoms with Crippen LogP contribution in [0.25, 0.3) is 11.1 Å². The van der Waals surface area contributed by atoms with Crippen LogP contribution in [-0.2, 0) is 6.54 Å². The molecule has 0 amide bonds. The van der Waals surface area contributed by atoms with Gasteiger partial charge >= 0.3 is 0 Å². The van der Waals surface area contributed by atoms with E-state index in [4.69, 9.17) is 9.79 Å². The molecule has 0 aliphatic heterocycles. The van der Waals surface area contributed by atoms with Gasteiger partial charge in [-0.3, -0.25) is 0 Å². The van der Waals surface area contributed by atoms with E-state index in [1.807, 2.05) is 53.6 Å². The first kappa shape index (κ1) is 14.0. The molecule has 100 valence electrons. The molecule has 0 bridgehead atoms. The molecule has 0 fully saturated rings. The lowest BCUT2D eigenvalue weighted by atomic mass is 10.1. The zero-order chi connectivity index (χ0) is 13.7. The van der Waals surface area contributed by atoms with Gasteiger partial charge in [0.25, 0.3) is 0 Å². The number of nitrogens with zero attached hydrogens (tertiary/aromatic N) is 1. The van der Waals surface area contributed by atoms with Crippen molar-refractivity contribution >= 4 is 7.94 Å². The summed E-state index contributed by atoms with van der Waals surface area (Å²) in [4.78, 5) is 31.3. The van der Waals surface area contributed by atoms with Crippen molar-refractivity contribution in [2.24, 2.45) is 0 Å². The first-order valence-corrected chi connectivity index (χ1v) is 7.84. The largest absolute Gasteiger partial charge is 0.632 e. The van der Waals surface area contributed by atoms with Crippen LogP contribution in [-0.4, -0.2) is 15.9 Å². The van der Waals surface area contributed by atoms with Crippen molar-refractivity contribution in [3.63, 3.8) is 0 Å². The van der Waals surface area contributed by atoms with E-state index in [9.17, 15) is 4.89 Å². The normalized spacial score (nSPS) is 11.5. The number of H-pyrrole nitrogens is 1. The van der Waals surface area contributed by atoms with E-state index in [1.165, 1.54) is 0 Å². The van der Waals surface area contributed by atoms with Crippen molar-refractivity contribution in [1.29, 1.82) is 0 Å². The molecule has 2 aromatic rings. The number of hydrogen-bond acceptors (Lipinski definition) is 3. The number of pyridine rings is 2. The van der Waals surface area contributed by atoms with E-state index in [2.05, 4.69) is 4.98 Å². The summed E-state index contributed by atoms with van der Waals surface area (Å²) >= 11 is 0. The summed E-state index contributed by atoms with van der Waals surface area (Å²) in [5.74, 6) is 0. The fourth-order valence-electron chi connectivity index (χ4n) is 1.84. The Morgan fingerprint density at radius 2 is 1.63 bits per heavy atom. The van der Waals surface area contributed by atoms with Gasteiger partial charge in [0.15, 0.2) is 31.3 Å². The van der Waals surface area contributed by atoms with Gasteiger partial charge in [-0.15, -0.1) is 0 Å². The van der Waals surface area contributed by atoms with Gasteiger partial charge in [0.2, 0.25) is 7.94 Å². The molecular weight excluding hydrogens is 263 g/mol. The average Bonchev–Trinajstić information content (AvgIpc) is 2.39. The first-order chi connectivity index (χ1) is 9.04. The molecule has 2 aromatic heterocycles. The quantitative estimate of drug-likeness (QED) is 0.595. The van der Waals surface area contributed by atoms with Crippen LogP contribution in [0.2, 0.25) is 0 Å². The topological polar surface area (TPSA) is 81.5 Å². The second kappa shape index (κ2) is 6.17. The first-order valence-electron chi connectivity index (χ1n) is 6.05. The molecule has 0 aliphatic rings. The van der Waals surface area contributed by atoms with Crippen LogP contribution < -0.4 is 14.4 Å². The van der Waals surface area contributed by atoms with Crippen LogP contribution in [0.1, 0.15) is 6.42 Å². The Hall–Kier alpha value is -1.39. The molecule has 0 saturated carbocycles. The van der Waals surface area contributed by atoms with E-state index < -0.39 is 7.94 Å². The van der Waals surface area contributed by atoms with E-state index in [0.29, 0.717) is 13.0 Å². The fourth-order valence-corrected chi connectivity index (χ4v) is 2.39. The molecule has 0 radical (unpaired) electrons. The maximum absolute atomic E-state index is 10.7. The van der Waals surface area contributed by atoms with E-state index >= 15 is 0 Å². The predicted octanol–water partition coefficient (Wildman–Crippen LogP) is -0.0472. The maximum Gasteiger partial charge on any atom is 0.230 e. The third-order valence-corrected chi connectivity index (χ3v) is 3.71. The van der Waals surface area contributed by atoms with Gasteiger partial charge in [0.05, 0.1) is 0 Å². The van der Waals surface area contributed by atoms with Crippen LogP contribution in [0.3, 0.4) is 0 Å². The zero-order valence-electron chi connectivity index (χ0n) is 10.4. The minimum atomic E-state index is -3.88. The molecule has 2 rings (SSSR count). The van der Waals surface area contributed by atoms with Crippen molar-refractivity contribution in [1.82, 2.24) is 0 Å². The van der Waals surface area contributed by atoms with E-state index in [-0.39, 0.29) is 6.16 Å². The molecule has 6 heteroatoms. The minimum Gasteiger partial charge on any atom is -0.632 e. The summed E-state index contributed by atoms with van der Waals surface area (Å²) in [5, 5.41) is 0. The molecule has 19 heavy (non-hydrogen) atoms. The van der Waals surface area contributed by atoms with Gasteiger partial charge < -0.3 is 4.89 Å². The van der Waals surface area contributed by atoms with Crippen molar-refractivity contribution < 1.29 is 24.2 Å². The van der Waals surface area contributed by atoms with Crippen LogP contribution in [0.4, 0.5) is 0 Å². The van der Waals surface area contributed by atoms with Gasteiger partial charge in [-0.1, -0.05) is 0 Å². The average molecular weight is 280 g/mol. The summed E-state index contributed by atoms with van der Waals surface area (Å²) in [5.41, 5.74) is 2.24. The lowest BCUT2D eigenvalue weighted by Gasteiger charge is -2.13. The van der Waals surface area contributed by atoms with Crippen molar-refractivity contribution in [2.45, 2.75) is 13.0 Å². The van der Waals surface area contributed by atoms with Crippen LogP contribution in [0.15, 0.2) is 49.1 Å².